The van der Waals surface area contributed by atoms with E-state index in [1.54, 1.807) is 0 Å². The van der Waals surface area contributed by atoms with Crippen LogP contribution in [0.1, 0.15) is 52.9 Å². The molecule has 0 aliphatic heterocycles. The van der Waals surface area contributed by atoms with Crippen LogP contribution in [0.4, 0.5) is 0 Å². The van der Waals surface area contributed by atoms with E-state index in [-0.39, 0.29) is 6.61 Å². The van der Waals surface area contributed by atoms with Crippen molar-refractivity contribution in [1.82, 2.24) is 0 Å². The second-order valence-electron chi connectivity index (χ2n) is 8.79. The van der Waals surface area contributed by atoms with Crippen molar-refractivity contribution in [3.63, 3.8) is 0 Å². The first kappa shape index (κ1) is 25.8. The Morgan fingerprint density at radius 1 is 1.31 bits per heavy atom. The highest BCUT2D eigenvalue weighted by Gasteiger charge is 2.17. The molecule has 2 unspecified atom stereocenters. The van der Waals surface area contributed by atoms with Crippen LogP contribution < -0.4 is 0 Å². The molecule has 2 heteroatoms. The topological polar surface area (TPSA) is 40.5 Å². The molecular weight excluding hydrogens is 392 g/mol. The Bertz CT molecular complexity index is 871. The van der Waals surface area contributed by atoms with Crippen molar-refractivity contribution in [3.05, 3.63) is 107 Å². The summed E-state index contributed by atoms with van der Waals surface area (Å²) in [6.07, 6.45) is 29.3. The Labute approximate surface area is 195 Å². The number of allylic oxidation sites excluding steroid dienone is 12. The Balaban J connectivity index is 2.04. The van der Waals surface area contributed by atoms with Crippen molar-refractivity contribution in [2.45, 2.75) is 59.0 Å². The van der Waals surface area contributed by atoms with Crippen molar-refractivity contribution in [1.29, 1.82) is 0 Å². The highest BCUT2D eigenvalue weighted by atomic mass is 16.3. The van der Waals surface area contributed by atoms with E-state index < -0.39 is 6.10 Å². The third-order valence-electron chi connectivity index (χ3n) is 6.01. The van der Waals surface area contributed by atoms with E-state index in [1.165, 1.54) is 18.4 Å². The Kier molecular flexibility index (Phi) is 11.2. The van der Waals surface area contributed by atoms with Gasteiger partial charge >= 0.3 is 0 Å². The van der Waals surface area contributed by atoms with E-state index in [9.17, 15) is 10.2 Å². The zero-order valence-corrected chi connectivity index (χ0v) is 20.0. The molecule has 0 amide bonds. The molecule has 3 atom stereocenters. The SMILES string of the molecule is C=C(/C=C\C=C/C)C1=CC(/C=C/C2C=CC=C(/C(=C/C[C@@H](C)CCC)CO)C2)=CCC1O. The summed E-state index contributed by atoms with van der Waals surface area (Å²) >= 11 is 0. The summed E-state index contributed by atoms with van der Waals surface area (Å²) < 4.78 is 0. The van der Waals surface area contributed by atoms with Crippen LogP contribution in [0.3, 0.4) is 0 Å². The van der Waals surface area contributed by atoms with Gasteiger partial charge in [0, 0.05) is 0 Å². The molecule has 0 saturated carbocycles. The molecule has 0 saturated heterocycles. The van der Waals surface area contributed by atoms with Crippen molar-refractivity contribution in [3.8, 4) is 0 Å². The smallest absolute Gasteiger partial charge is 0.0830 e. The average molecular weight is 433 g/mol. The molecule has 0 fully saturated rings. The van der Waals surface area contributed by atoms with Gasteiger partial charge in [0.25, 0.3) is 0 Å². The second-order valence-corrected chi connectivity index (χ2v) is 8.79. The van der Waals surface area contributed by atoms with Gasteiger partial charge in [0.15, 0.2) is 0 Å². The molecule has 0 spiro atoms. The van der Waals surface area contributed by atoms with E-state index in [2.05, 4.69) is 63.0 Å². The molecule has 0 heterocycles. The summed E-state index contributed by atoms with van der Waals surface area (Å²) in [5.41, 5.74) is 5.09. The van der Waals surface area contributed by atoms with Crippen LogP contribution in [0, 0.1) is 11.8 Å². The lowest BCUT2D eigenvalue weighted by Gasteiger charge is -2.20. The molecule has 0 bridgehead atoms. The van der Waals surface area contributed by atoms with Gasteiger partial charge in [-0.25, -0.2) is 0 Å². The first-order chi connectivity index (χ1) is 15.5. The Morgan fingerprint density at radius 2 is 2.12 bits per heavy atom. The zero-order chi connectivity index (χ0) is 23.3. The molecule has 32 heavy (non-hydrogen) atoms. The molecule has 0 radical (unpaired) electrons. The van der Waals surface area contributed by atoms with Crippen LogP contribution in [-0.4, -0.2) is 22.9 Å². The second kappa shape index (κ2) is 13.9. The molecule has 2 rings (SSSR count). The zero-order valence-electron chi connectivity index (χ0n) is 20.0. The van der Waals surface area contributed by atoms with Crippen molar-refractivity contribution in [2.24, 2.45) is 11.8 Å². The fraction of sp³-hybridized carbons (Fsp3) is 0.400. The van der Waals surface area contributed by atoms with Crippen LogP contribution in [0.15, 0.2) is 107 Å². The summed E-state index contributed by atoms with van der Waals surface area (Å²) in [5, 5.41) is 20.3. The van der Waals surface area contributed by atoms with Gasteiger partial charge in [0.2, 0.25) is 0 Å². The largest absolute Gasteiger partial charge is 0.392 e. The number of aliphatic hydroxyl groups is 2. The van der Waals surface area contributed by atoms with Crippen molar-refractivity contribution in [2.75, 3.05) is 6.61 Å². The maximum Gasteiger partial charge on any atom is 0.0830 e. The minimum absolute atomic E-state index is 0.0902. The summed E-state index contributed by atoms with van der Waals surface area (Å²) in [6.45, 7) is 10.7. The lowest BCUT2D eigenvalue weighted by Crippen LogP contribution is -2.13. The number of hydrogen-bond acceptors (Lipinski definition) is 2. The normalized spacial score (nSPS) is 23.0. The number of hydrogen-bond donors (Lipinski definition) is 2. The highest BCUT2D eigenvalue weighted by Crippen LogP contribution is 2.29. The minimum Gasteiger partial charge on any atom is -0.392 e. The average Bonchev–Trinajstić information content (AvgIpc) is 2.79. The predicted octanol–water partition coefficient (Wildman–Crippen LogP) is 7.10. The molecular formula is C30H40O2. The summed E-state index contributed by atoms with van der Waals surface area (Å²) in [6, 6.07) is 0. The minimum atomic E-state index is -0.508. The quantitative estimate of drug-likeness (QED) is 0.342. The fourth-order valence-electron chi connectivity index (χ4n) is 4.07. The van der Waals surface area contributed by atoms with Gasteiger partial charge in [0.05, 0.1) is 12.7 Å². The van der Waals surface area contributed by atoms with Crippen LogP contribution in [0.5, 0.6) is 0 Å². The summed E-state index contributed by atoms with van der Waals surface area (Å²) in [7, 11) is 0. The van der Waals surface area contributed by atoms with Crippen molar-refractivity contribution >= 4 is 0 Å². The lowest BCUT2D eigenvalue weighted by molar-refractivity contribution is 0.215. The van der Waals surface area contributed by atoms with Crippen LogP contribution >= 0.6 is 0 Å². The third kappa shape index (κ3) is 8.26. The van der Waals surface area contributed by atoms with Gasteiger partial charge in [-0.05, 0) is 72.0 Å². The molecule has 2 aliphatic carbocycles. The van der Waals surface area contributed by atoms with Gasteiger partial charge in [0.1, 0.15) is 0 Å². The van der Waals surface area contributed by atoms with Crippen LogP contribution in [0.25, 0.3) is 0 Å². The van der Waals surface area contributed by atoms with Gasteiger partial charge < -0.3 is 10.2 Å². The molecule has 0 aromatic carbocycles. The monoisotopic (exact) mass is 432 g/mol. The number of aliphatic hydroxyl groups excluding tert-OH is 2. The molecule has 0 aromatic rings. The maximum atomic E-state index is 10.4. The van der Waals surface area contributed by atoms with Crippen LogP contribution in [0.2, 0.25) is 0 Å². The highest BCUT2D eigenvalue weighted by molar-refractivity contribution is 5.50. The van der Waals surface area contributed by atoms with E-state index in [4.69, 9.17) is 0 Å². The van der Waals surface area contributed by atoms with E-state index in [0.29, 0.717) is 18.3 Å². The maximum absolute atomic E-state index is 10.4. The van der Waals surface area contributed by atoms with Gasteiger partial charge in [-0.15, -0.1) is 0 Å². The lowest BCUT2D eigenvalue weighted by atomic mass is 9.87. The Hall–Kier alpha value is -2.42. The first-order valence-electron chi connectivity index (χ1n) is 11.9. The van der Waals surface area contributed by atoms with Crippen LogP contribution in [-0.2, 0) is 0 Å². The third-order valence-corrected chi connectivity index (χ3v) is 6.01. The van der Waals surface area contributed by atoms with Gasteiger partial charge in [-0.2, -0.15) is 0 Å². The van der Waals surface area contributed by atoms with Gasteiger partial charge in [-0.3, -0.25) is 0 Å². The standard InChI is InChI=1S/C30H40O2/c1-5-7-8-11-24(4)29-21-26(17-19-30(29)32)16-15-25-12-9-13-27(20-25)28(22-31)18-14-23(3)10-6-2/h5,7-9,11-13,15-18,21,23,25,30-32H,4,6,10,14,19-20,22H2,1-3H3/b7-5-,11-8-,16-15+,28-18+/t23-,25?,30?/m0/s1. The summed E-state index contributed by atoms with van der Waals surface area (Å²) in [4.78, 5) is 0. The fourth-order valence-corrected chi connectivity index (χ4v) is 4.07. The molecule has 172 valence electrons. The molecule has 2 aliphatic rings. The molecule has 2 N–H and O–H groups in total. The van der Waals surface area contributed by atoms with Gasteiger partial charge in [-0.1, -0.05) is 100 Å². The summed E-state index contributed by atoms with van der Waals surface area (Å²) in [5.74, 6) is 0.939. The van der Waals surface area contributed by atoms with Crippen molar-refractivity contribution < 1.29 is 10.2 Å². The first-order valence-corrected chi connectivity index (χ1v) is 11.9. The number of rotatable bonds is 11. The predicted molar refractivity (Wildman–Crippen MR) is 138 cm³/mol. The molecule has 0 aromatic heterocycles. The van der Waals surface area contributed by atoms with E-state index in [1.807, 2.05) is 37.3 Å². The Morgan fingerprint density at radius 3 is 2.84 bits per heavy atom. The van der Waals surface area contributed by atoms with E-state index >= 15 is 0 Å². The molecule has 2 nitrogen and oxygen atoms in total. The van der Waals surface area contributed by atoms with E-state index in [0.717, 1.165) is 35.1 Å².